The Balaban J connectivity index is 3.24. The van der Waals surface area contributed by atoms with Crippen LogP contribution >= 0.6 is 11.6 Å². The number of alkyl halides is 1. The molecule has 104 valence electrons. The number of hydrogen-bond acceptors (Lipinski definition) is 4. The van der Waals surface area contributed by atoms with Crippen molar-refractivity contribution >= 4 is 23.4 Å². The fraction of sp³-hybridized carbons (Fsp3) is 0.385. The molecule has 0 fully saturated rings. The molecule has 2 unspecified atom stereocenters. The maximum atomic E-state index is 11.3. The minimum atomic E-state index is -1.69. The third kappa shape index (κ3) is 3.94. The Bertz CT molecular complexity index is 448. The van der Waals surface area contributed by atoms with E-state index in [4.69, 9.17) is 21.4 Å². The number of aliphatic carboxylic acids is 1. The van der Waals surface area contributed by atoms with Crippen LogP contribution in [0.2, 0.25) is 0 Å². The fourth-order valence-electron chi connectivity index (χ4n) is 1.58. The predicted molar refractivity (Wildman–Crippen MR) is 69.5 cm³/mol. The van der Waals surface area contributed by atoms with E-state index in [0.717, 1.165) is 0 Å². The Morgan fingerprint density at radius 1 is 1.32 bits per heavy atom. The first kappa shape index (κ1) is 15.5. The highest BCUT2D eigenvalue weighted by atomic mass is 35.5. The minimum absolute atomic E-state index is 0.125. The number of benzene rings is 1. The summed E-state index contributed by atoms with van der Waals surface area (Å²) in [5, 5.41) is 17.5. The van der Waals surface area contributed by atoms with Crippen molar-refractivity contribution in [2.45, 2.75) is 25.3 Å². The molecule has 1 aromatic rings. The van der Waals surface area contributed by atoms with Crippen molar-refractivity contribution in [1.29, 1.82) is 0 Å². The van der Waals surface area contributed by atoms with Crippen molar-refractivity contribution in [3.63, 3.8) is 0 Å². The van der Waals surface area contributed by atoms with E-state index in [-0.39, 0.29) is 11.3 Å². The van der Waals surface area contributed by atoms with Gasteiger partial charge in [0.15, 0.2) is 11.9 Å². The lowest BCUT2D eigenvalue weighted by molar-refractivity contribution is -0.146. The Kier molecular flexibility index (Phi) is 5.32. The van der Waals surface area contributed by atoms with Crippen LogP contribution in [0.25, 0.3) is 0 Å². The van der Waals surface area contributed by atoms with E-state index in [9.17, 15) is 14.7 Å². The molecule has 0 spiro atoms. The van der Waals surface area contributed by atoms with Crippen molar-refractivity contribution < 1.29 is 24.5 Å². The van der Waals surface area contributed by atoms with Crippen LogP contribution in [0.15, 0.2) is 18.2 Å². The summed E-state index contributed by atoms with van der Waals surface area (Å²) >= 11 is 5.94. The van der Waals surface area contributed by atoms with Gasteiger partial charge in [-0.2, -0.15) is 0 Å². The molecule has 0 aliphatic rings. The molecule has 5 nitrogen and oxygen atoms in total. The zero-order valence-electron chi connectivity index (χ0n) is 10.6. The molecular formula is C13H15ClO5. The largest absolute Gasteiger partial charge is 0.494 e. The first-order valence-electron chi connectivity index (χ1n) is 5.69. The molecule has 0 saturated carbocycles. The highest BCUT2D eigenvalue weighted by molar-refractivity contribution is 6.30. The Labute approximate surface area is 115 Å². The van der Waals surface area contributed by atoms with Gasteiger partial charge in [-0.3, -0.25) is 4.79 Å². The van der Waals surface area contributed by atoms with Gasteiger partial charge in [0.25, 0.3) is 0 Å². The molecule has 19 heavy (non-hydrogen) atoms. The van der Waals surface area contributed by atoms with Gasteiger partial charge in [0.05, 0.1) is 6.61 Å². The van der Waals surface area contributed by atoms with Gasteiger partial charge in [0, 0.05) is 0 Å². The summed E-state index contributed by atoms with van der Waals surface area (Å²) in [7, 11) is 0. The quantitative estimate of drug-likeness (QED) is 0.782. The standard InChI is InChI=1S/C13H15ClO5/c1-3-19-10-5-8(11(14)7(2)15)4-9(6-10)12(16)13(17)18/h4-6,11-12,16H,3H2,1-2H3,(H,17,18). The van der Waals surface area contributed by atoms with Crippen LogP contribution in [0.3, 0.4) is 0 Å². The molecule has 0 aromatic heterocycles. The van der Waals surface area contributed by atoms with Gasteiger partial charge in [-0.15, -0.1) is 11.6 Å². The molecule has 2 atom stereocenters. The van der Waals surface area contributed by atoms with Crippen molar-refractivity contribution in [3.8, 4) is 5.75 Å². The molecule has 0 heterocycles. The van der Waals surface area contributed by atoms with E-state index in [1.165, 1.54) is 19.1 Å². The van der Waals surface area contributed by atoms with Crippen molar-refractivity contribution in [3.05, 3.63) is 29.3 Å². The van der Waals surface area contributed by atoms with Crippen LogP contribution < -0.4 is 4.74 Å². The van der Waals surface area contributed by atoms with Crippen LogP contribution in [0.1, 0.15) is 36.5 Å². The number of carboxylic acid groups (broad SMARTS) is 1. The minimum Gasteiger partial charge on any atom is -0.494 e. The number of ketones is 1. The molecule has 0 bridgehead atoms. The maximum absolute atomic E-state index is 11.3. The highest BCUT2D eigenvalue weighted by Crippen LogP contribution is 2.29. The van der Waals surface area contributed by atoms with E-state index >= 15 is 0 Å². The monoisotopic (exact) mass is 286 g/mol. The third-order valence-electron chi connectivity index (χ3n) is 2.46. The number of carbonyl (C=O) groups excluding carboxylic acids is 1. The number of carboxylic acids is 1. The molecule has 1 aromatic carbocycles. The van der Waals surface area contributed by atoms with Gasteiger partial charge in [-0.05, 0) is 37.1 Å². The topological polar surface area (TPSA) is 83.8 Å². The SMILES string of the molecule is CCOc1cc(C(O)C(=O)O)cc(C(Cl)C(C)=O)c1. The number of aliphatic hydroxyl groups excluding tert-OH is 1. The summed E-state index contributed by atoms with van der Waals surface area (Å²) in [6.45, 7) is 3.47. The van der Waals surface area contributed by atoms with Crippen LogP contribution in [-0.4, -0.2) is 28.6 Å². The second-order valence-electron chi connectivity index (χ2n) is 3.98. The summed E-state index contributed by atoms with van der Waals surface area (Å²) in [6.07, 6.45) is -1.69. The van der Waals surface area contributed by atoms with E-state index in [1.807, 2.05) is 0 Å². The van der Waals surface area contributed by atoms with Gasteiger partial charge in [0.2, 0.25) is 0 Å². The Morgan fingerprint density at radius 2 is 1.89 bits per heavy atom. The molecule has 2 N–H and O–H groups in total. The first-order chi connectivity index (χ1) is 8.86. The smallest absolute Gasteiger partial charge is 0.337 e. The first-order valence-corrected chi connectivity index (χ1v) is 6.13. The average molecular weight is 287 g/mol. The average Bonchev–Trinajstić information content (AvgIpc) is 2.36. The van der Waals surface area contributed by atoms with Crippen molar-refractivity contribution in [2.75, 3.05) is 6.61 Å². The number of aliphatic hydroxyl groups is 1. The van der Waals surface area contributed by atoms with Gasteiger partial charge in [0.1, 0.15) is 11.1 Å². The molecule has 0 saturated heterocycles. The number of halogens is 1. The van der Waals surface area contributed by atoms with Gasteiger partial charge in [-0.25, -0.2) is 4.79 Å². The number of ether oxygens (including phenoxy) is 1. The van der Waals surface area contributed by atoms with Gasteiger partial charge >= 0.3 is 5.97 Å². The van der Waals surface area contributed by atoms with Crippen molar-refractivity contribution in [2.24, 2.45) is 0 Å². The summed E-state index contributed by atoms with van der Waals surface area (Å²) in [4.78, 5) is 22.1. The predicted octanol–water partition coefficient (Wildman–Crippen LogP) is 2.07. The van der Waals surface area contributed by atoms with Crippen LogP contribution in [0.5, 0.6) is 5.75 Å². The normalized spacial score (nSPS) is 13.7. The molecule has 0 amide bonds. The van der Waals surface area contributed by atoms with Gasteiger partial charge in [-0.1, -0.05) is 6.07 Å². The van der Waals surface area contributed by atoms with Crippen LogP contribution in [-0.2, 0) is 9.59 Å². The summed E-state index contributed by atoms with van der Waals surface area (Å²) in [6, 6.07) is 4.36. The van der Waals surface area contributed by atoms with E-state index in [0.29, 0.717) is 17.9 Å². The second kappa shape index (κ2) is 6.54. The third-order valence-corrected chi connectivity index (χ3v) is 3.02. The van der Waals surface area contributed by atoms with Gasteiger partial charge < -0.3 is 14.9 Å². The number of rotatable bonds is 6. The number of hydrogen-bond donors (Lipinski definition) is 2. The lowest BCUT2D eigenvalue weighted by Gasteiger charge is -2.14. The fourth-order valence-corrected chi connectivity index (χ4v) is 1.70. The molecule has 1 rings (SSSR count). The molecule has 0 aliphatic carbocycles. The zero-order valence-corrected chi connectivity index (χ0v) is 11.3. The summed E-state index contributed by atoms with van der Waals surface area (Å²) in [5.74, 6) is -1.29. The molecule has 0 aliphatic heterocycles. The van der Waals surface area contributed by atoms with Crippen molar-refractivity contribution in [1.82, 2.24) is 0 Å². The summed E-state index contributed by atoms with van der Waals surface area (Å²) in [5.41, 5.74) is 0.524. The second-order valence-corrected chi connectivity index (χ2v) is 4.42. The molecule has 0 radical (unpaired) electrons. The lowest BCUT2D eigenvalue weighted by atomic mass is 10.0. The van der Waals surface area contributed by atoms with E-state index in [2.05, 4.69) is 0 Å². The lowest BCUT2D eigenvalue weighted by Crippen LogP contribution is -2.12. The van der Waals surface area contributed by atoms with E-state index < -0.39 is 17.5 Å². The van der Waals surface area contributed by atoms with Crippen LogP contribution in [0, 0.1) is 0 Å². The summed E-state index contributed by atoms with van der Waals surface area (Å²) < 4.78 is 5.27. The highest BCUT2D eigenvalue weighted by Gasteiger charge is 2.21. The van der Waals surface area contributed by atoms with E-state index in [1.54, 1.807) is 13.0 Å². The molecule has 6 heteroatoms. The zero-order chi connectivity index (χ0) is 14.6. The Hall–Kier alpha value is -1.59. The maximum Gasteiger partial charge on any atom is 0.337 e. The number of Topliss-reactive ketones (excluding diaryl/α,β-unsaturated/α-hetero) is 1. The Morgan fingerprint density at radius 3 is 2.37 bits per heavy atom. The molecular weight excluding hydrogens is 272 g/mol. The number of carbonyl (C=O) groups is 2. The van der Waals surface area contributed by atoms with Crippen LogP contribution in [0.4, 0.5) is 0 Å².